The summed E-state index contributed by atoms with van der Waals surface area (Å²) in [7, 11) is 5.20. The van der Waals surface area contributed by atoms with Crippen molar-refractivity contribution in [3.63, 3.8) is 0 Å². The van der Waals surface area contributed by atoms with E-state index in [1.165, 1.54) is 11.3 Å². The van der Waals surface area contributed by atoms with Crippen LogP contribution in [0.2, 0.25) is 0 Å². The molecule has 1 atom stereocenters. The van der Waals surface area contributed by atoms with E-state index in [2.05, 4.69) is 5.32 Å². The van der Waals surface area contributed by atoms with Crippen molar-refractivity contribution in [1.29, 1.82) is 0 Å². The van der Waals surface area contributed by atoms with Crippen molar-refractivity contribution in [2.24, 2.45) is 0 Å². The van der Waals surface area contributed by atoms with Crippen LogP contribution in [0.15, 0.2) is 78.2 Å². The SMILES string of the molecule is COc1ccc(OC)c(-c2csc(N(C)Cc3ccc(C(=O)NC(Cc4ccccc4)C(=O)O)cc3)n2)c1. The second-order valence-electron chi connectivity index (χ2n) is 8.69. The number of amides is 1. The third-order valence-corrected chi connectivity index (χ3v) is 6.98. The Morgan fingerprint density at radius 1 is 1.00 bits per heavy atom. The Labute approximate surface area is 225 Å². The van der Waals surface area contributed by atoms with Crippen LogP contribution in [-0.4, -0.2) is 49.3 Å². The highest BCUT2D eigenvalue weighted by Crippen LogP contribution is 2.35. The molecule has 0 saturated heterocycles. The third-order valence-electron chi connectivity index (χ3n) is 6.02. The number of carbonyl (C=O) groups excluding carboxylic acids is 1. The molecule has 4 rings (SSSR count). The van der Waals surface area contributed by atoms with E-state index in [0.29, 0.717) is 17.9 Å². The van der Waals surface area contributed by atoms with Crippen LogP contribution in [0.25, 0.3) is 11.3 Å². The Bertz CT molecular complexity index is 1390. The molecule has 1 heterocycles. The van der Waals surface area contributed by atoms with Crippen LogP contribution in [0.5, 0.6) is 11.5 Å². The van der Waals surface area contributed by atoms with E-state index in [0.717, 1.165) is 33.3 Å². The van der Waals surface area contributed by atoms with Crippen LogP contribution in [-0.2, 0) is 17.8 Å². The average Bonchev–Trinajstić information content (AvgIpc) is 3.43. The van der Waals surface area contributed by atoms with Gasteiger partial charge in [0.05, 0.1) is 19.9 Å². The van der Waals surface area contributed by atoms with Gasteiger partial charge in [-0.3, -0.25) is 4.79 Å². The monoisotopic (exact) mass is 531 g/mol. The molecule has 0 aliphatic carbocycles. The van der Waals surface area contributed by atoms with Gasteiger partial charge in [-0.2, -0.15) is 0 Å². The molecule has 0 radical (unpaired) electrons. The van der Waals surface area contributed by atoms with Crippen LogP contribution in [0, 0.1) is 0 Å². The summed E-state index contributed by atoms with van der Waals surface area (Å²) >= 11 is 1.52. The minimum atomic E-state index is -1.07. The number of ether oxygens (including phenoxy) is 2. The van der Waals surface area contributed by atoms with Gasteiger partial charge in [0.15, 0.2) is 5.13 Å². The predicted molar refractivity (Wildman–Crippen MR) is 148 cm³/mol. The number of thiazole rings is 1. The number of rotatable bonds is 11. The first-order valence-corrected chi connectivity index (χ1v) is 12.8. The Balaban J connectivity index is 1.40. The van der Waals surface area contributed by atoms with E-state index in [-0.39, 0.29) is 6.42 Å². The van der Waals surface area contributed by atoms with Gasteiger partial charge in [-0.05, 0) is 41.5 Å². The largest absolute Gasteiger partial charge is 0.497 e. The van der Waals surface area contributed by atoms with Crippen molar-refractivity contribution in [3.8, 4) is 22.8 Å². The summed E-state index contributed by atoms with van der Waals surface area (Å²) in [6.45, 7) is 0.579. The van der Waals surface area contributed by atoms with Crippen LogP contribution >= 0.6 is 11.3 Å². The lowest BCUT2D eigenvalue weighted by atomic mass is 10.1. The highest BCUT2D eigenvalue weighted by molar-refractivity contribution is 7.14. The lowest BCUT2D eigenvalue weighted by Crippen LogP contribution is -2.42. The number of benzene rings is 3. The van der Waals surface area contributed by atoms with Crippen molar-refractivity contribution < 1.29 is 24.2 Å². The number of hydrogen-bond donors (Lipinski definition) is 2. The maximum Gasteiger partial charge on any atom is 0.326 e. The topological polar surface area (TPSA) is 101 Å². The summed E-state index contributed by atoms with van der Waals surface area (Å²) in [5.74, 6) is -0.0597. The standard InChI is InChI=1S/C29H29N3O5S/c1-32(29-31-25(18-38-29)23-16-22(36-2)13-14-26(23)37-3)17-20-9-11-21(12-10-20)27(33)30-24(28(34)35)15-19-7-5-4-6-8-19/h4-14,16,18,24H,15,17H2,1-3H3,(H,30,33)(H,34,35). The highest BCUT2D eigenvalue weighted by Gasteiger charge is 2.21. The number of aliphatic carboxylic acids is 1. The van der Waals surface area contributed by atoms with Crippen molar-refractivity contribution in [2.75, 3.05) is 26.2 Å². The fourth-order valence-corrected chi connectivity index (χ4v) is 4.76. The van der Waals surface area contributed by atoms with Crippen LogP contribution < -0.4 is 19.7 Å². The van der Waals surface area contributed by atoms with Crippen LogP contribution in [0.3, 0.4) is 0 Å². The molecule has 0 spiro atoms. The zero-order valence-electron chi connectivity index (χ0n) is 21.4. The Morgan fingerprint density at radius 2 is 1.74 bits per heavy atom. The molecule has 1 unspecified atom stereocenters. The van der Waals surface area contributed by atoms with Gasteiger partial charge in [0.1, 0.15) is 17.5 Å². The minimum Gasteiger partial charge on any atom is -0.497 e. The minimum absolute atomic E-state index is 0.211. The number of methoxy groups -OCH3 is 2. The van der Waals surface area contributed by atoms with Gasteiger partial charge in [-0.1, -0.05) is 42.5 Å². The van der Waals surface area contributed by atoms with Crippen molar-refractivity contribution in [1.82, 2.24) is 10.3 Å². The van der Waals surface area contributed by atoms with Gasteiger partial charge < -0.3 is 24.8 Å². The van der Waals surface area contributed by atoms with Gasteiger partial charge in [-0.15, -0.1) is 11.3 Å². The van der Waals surface area contributed by atoms with E-state index in [9.17, 15) is 14.7 Å². The van der Waals surface area contributed by atoms with Crippen molar-refractivity contribution in [2.45, 2.75) is 19.0 Å². The molecule has 1 amide bonds. The van der Waals surface area contributed by atoms with E-state index in [4.69, 9.17) is 14.5 Å². The number of aromatic nitrogens is 1. The smallest absolute Gasteiger partial charge is 0.326 e. The fraction of sp³-hybridized carbons (Fsp3) is 0.207. The normalized spacial score (nSPS) is 11.4. The van der Waals surface area contributed by atoms with Gasteiger partial charge in [0, 0.05) is 36.5 Å². The first kappa shape index (κ1) is 26.7. The number of carboxylic acid groups (broad SMARTS) is 1. The van der Waals surface area contributed by atoms with Crippen LogP contribution in [0.4, 0.5) is 5.13 Å². The second-order valence-corrected chi connectivity index (χ2v) is 9.53. The molecule has 0 saturated carbocycles. The van der Waals surface area contributed by atoms with E-state index in [1.54, 1.807) is 26.4 Å². The number of anilines is 1. The third kappa shape index (κ3) is 6.49. The molecular formula is C29H29N3O5S. The summed E-state index contributed by atoms with van der Waals surface area (Å²) in [5, 5.41) is 15.0. The Morgan fingerprint density at radius 3 is 2.39 bits per heavy atom. The lowest BCUT2D eigenvalue weighted by molar-refractivity contribution is -0.139. The summed E-state index contributed by atoms with van der Waals surface area (Å²) in [6.07, 6.45) is 0.211. The molecule has 38 heavy (non-hydrogen) atoms. The lowest BCUT2D eigenvalue weighted by Gasteiger charge is -2.17. The molecule has 2 N–H and O–H groups in total. The van der Waals surface area contributed by atoms with Gasteiger partial charge in [-0.25, -0.2) is 9.78 Å². The van der Waals surface area contributed by atoms with Crippen molar-refractivity contribution >= 4 is 28.3 Å². The number of nitrogens with one attached hydrogen (secondary N) is 1. The summed E-state index contributed by atoms with van der Waals surface area (Å²) in [5.41, 5.74) is 3.87. The zero-order chi connectivity index (χ0) is 27.1. The van der Waals surface area contributed by atoms with Crippen molar-refractivity contribution in [3.05, 3.63) is 94.9 Å². The Hall–Kier alpha value is -4.37. The van der Waals surface area contributed by atoms with E-state index < -0.39 is 17.9 Å². The Kier molecular flexibility index (Phi) is 8.60. The highest BCUT2D eigenvalue weighted by atomic mass is 32.1. The molecular weight excluding hydrogens is 502 g/mol. The molecule has 0 fully saturated rings. The van der Waals surface area contributed by atoms with E-state index >= 15 is 0 Å². The summed E-state index contributed by atoms with van der Waals surface area (Å²) in [4.78, 5) is 31.2. The molecule has 0 bridgehead atoms. The number of carbonyl (C=O) groups is 2. The molecule has 0 aliphatic rings. The molecule has 1 aromatic heterocycles. The molecule has 9 heteroatoms. The second kappa shape index (κ2) is 12.2. The zero-order valence-corrected chi connectivity index (χ0v) is 22.2. The van der Waals surface area contributed by atoms with E-state index in [1.807, 2.05) is 78.0 Å². The molecule has 4 aromatic rings. The summed E-state index contributed by atoms with van der Waals surface area (Å²) < 4.78 is 10.8. The maximum absolute atomic E-state index is 12.7. The average molecular weight is 532 g/mol. The predicted octanol–water partition coefficient (Wildman–Crippen LogP) is 4.89. The van der Waals surface area contributed by atoms with Crippen LogP contribution in [0.1, 0.15) is 21.5 Å². The molecule has 3 aromatic carbocycles. The molecule has 8 nitrogen and oxygen atoms in total. The quantitative estimate of drug-likeness (QED) is 0.284. The summed E-state index contributed by atoms with van der Waals surface area (Å²) in [6, 6.07) is 20.9. The first-order chi connectivity index (χ1) is 18.4. The molecule has 196 valence electrons. The van der Waals surface area contributed by atoms with Gasteiger partial charge >= 0.3 is 5.97 Å². The molecule has 0 aliphatic heterocycles. The number of hydrogen-bond acceptors (Lipinski definition) is 7. The maximum atomic E-state index is 12.7. The van der Waals surface area contributed by atoms with Gasteiger partial charge in [0.2, 0.25) is 0 Å². The number of nitrogens with zero attached hydrogens (tertiary/aromatic N) is 2. The first-order valence-electron chi connectivity index (χ1n) is 11.9. The van der Waals surface area contributed by atoms with Gasteiger partial charge in [0.25, 0.3) is 5.91 Å². The number of carboxylic acids is 1. The fourth-order valence-electron chi connectivity index (χ4n) is 3.97.